The van der Waals surface area contributed by atoms with E-state index in [1.54, 1.807) is 17.0 Å². The second-order valence-corrected chi connectivity index (χ2v) is 9.69. The van der Waals surface area contributed by atoms with Crippen LogP contribution in [0, 0.1) is 6.92 Å². The minimum Gasteiger partial charge on any atom is -0.744 e. The lowest BCUT2D eigenvalue weighted by Gasteiger charge is -2.25. The predicted octanol–water partition coefficient (Wildman–Crippen LogP) is 3.01. The van der Waals surface area contributed by atoms with Crippen LogP contribution in [0.4, 0.5) is 0 Å². The number of rotatable bonds is 3. The van der Waals surface area contributed by atoms with Gasteiger partial charge in [0.15, 0.2) is 0 Å². The molecule has 2 aromatic carbocycles. The third kappa shape index (κ3) is 7.29. The van der Waals surface area contributed by atoms with Gasteiger partial charge in [0.05, 0.1) is 25.0 Å². The number of thioether (sulfide) groups is 1. The Kier molecular flexibility index (Phi) is 7.98. The Hall–Kier alpha value is -1.05. The van der Waals surface area contributed by atoms with Gasteiger partial charge in [-0.05, 0) is 37.3 Å². The van der Waals surface area contributed by atoms with Gasteiger partial charge in [0.25, 0.3) is 0 Å². The number of benzene rings is 2. The zero-order valence-corrected chi connectivity index (χ0v) is 17.3. The molecule has 0 aromatic heterocycles. The monoisotopic (exact) mass is 413 g/mol. The van der Waals surface area contributed by atoms with Crippen LogP contribution in [-0.2, 0) is 10.1 Å². The summed E-state index contributed by atoms with van der Waals surface area (Å²) >= 11 is 7.95. The van der Waals surface area contributed by atoms with E-state index in [-0.39, 0.29) is 4.90 Å². The molecule has 4 nitrogen and oxygen atoms in total. The summed E-state index contributed by atoms with van der Waals surface area (Å²) in [4.78, 5) is 2.80. The van der Waals surface area contributed by atoms with Gasteiger partial charge in [-0.2, -0.15) is 0 Å². The largest absolute Gasteiger partial charge is 0.744 e. The number of hydrogen-bond donors (Lipinski definition) is 1. The van der Waals surface area contributed by atoms with Gasteiger partial charge in [-0.15, -0.1) is 11.8 Å². The molecule has 0 bridgehead atoms. The standard InChI is InChI=1S/C12H16ClNS.C7H8O3S/c1-14-7-5-11(6-8-14)15-12-4-2-3-10(13)9-12;1-6-2-4-7(5-3-6)11(8,9)10/h2-4,9,11H,5-8H2,1H3;2-5H,1H3,(H,8,9,10). The molecule has 1 aliphatic heterocycles. The molecule has 0 aliphatic carbocycles. The maximum Gasteiger partial charge on any atom is 0.124 e. The Labute approximate surface area is 165 Å². The van der Waals surface area contributed by atoms with E-state index in [0.717, 1.165) is 15.8 Å². The molecule has 7 heteroatoms. The van der Waals surface area contributed by atoms with E-state index in [1.807, 2.05) is 30.8 Å². The van der Waals surface area contributed by atoms with Crippen LogP contribution in [-0.4, -0.2) is 38.4 Å². The summed E-state index contributed by atoms with van der Waals surface area (Å²) in [6.07, 6.45) is 2.64. The normalized spacial score (nSPS) is 20.2. The minimum absolute atomic E-state index is 0.178. The van der Waals surface area contributed by atoms with Gasteiger partial charge < -0.3 is 9.45 Å². The Morgan fingerprint density at radius 1 is 1.12 bits per heavy atom. The van der Waals surface area contributed by atoms with E-state index in [0.29, 0.717) is 0 Å². The van der Waals surface area contributed by atoms with Gasteiger partial charge in [-0.3, -0.25) is 0 Å². The van der Waals surface area contributed by atoms with E-state index in [1.165, 1.54) is 43.0 Å². The molecule has 0 radical (unpaired) electrons. The zero-order valence-electron chi connectivity index (χ0n) is 14.9. The molecule has 1 heterocycles. The number of nitrogens with one attached hydrogen (secondary N) is 1. The van der Waals surface area contributed by atoms with E-state index in [9.17, 15) is 13.0 Å². The molecule has 0 spiro atoms. The van der Waals surface area contributed by atoms with Crippen molar-refractivity contribution in [3.05, 3.63) is 59.1 Å². The van der Waals surface area contributed by atoms with Crippen LogP contribution in [0.25, 0.3) is 0 Å². The molecule has 0 atom stereocenters. The summed E-state index contributed by atoms with van der Waals surface area (Å²) in [5.74, 6) is 0. The molecule has 1 aliphatic rings. The van der Waals surface area contributed by atoms with Gasteiger partial charge in [0.2, 0.25) is 0 Å². The first-order valence-corrected chi connectivity index (χ1v) is 11.2. The Balaban J connectivity index is 0.000000197. The average Bonchev–Trinajstić information content (AvgIpc) is 2.57. The van der Waals surface area contributed by atoms with Crippen LogP contribution in [0.1, 0.15) is 18.4 Å². The van der Waals surface area contributed by atoms with Gasteiger partial charge in [-0.25, -0.2) is 8.42 Å². The van der Waals surface area contributed by atoms with Crippen molar-refractivity contribution in [1.82, 2.24) is 0 Å². The molecule has 0 saturated carbocycles. The van der Waals surface area contributed by atoms with Gasteiger partial charge >= 0.3 is 0 Å². The van der Waals surface area contributed by atoms with Crippen molar-refractivity contribution in [2.75, 3.05) is 20.1 Å². The SMILES string of the molecule is C[NH+]1CCC(Sc2cccc(Cl)c2)CC1.Cc1ccc(S(=O)(=O)[O-])cc1. The lowest BCUT2D eigenvalue weighted by atomic mass is 10.1. The van der Waals surface area contributed by atoms with E-state index in [4.69, 9.17) is 11.6 Å². The summed E-state index contributed by atoms with van der Waals surface area (Å²) in [5, 5.41) is 1.63. The van der Waals surface area contributed by atoms with Crippen molar-refractivity contribution >= 4 is 33.5 Å². The fraction of sp³-hybridized carbons (Fsp3) is 0.368. The molecule has 1 fully saturated rings. The van der Waals surface area contributed by atoms with Crippen molar-refractivity contribution in [1.29, 1.82) is 0 Å². The first-order valence-electron chi connectivity index (χ1n) is 8.50. The molecular formula is C19H24ClNO3S2. The summed E-state index contributed by atoms with van der Waals surface area (Å²) in [6, 6.07) is 14.0. The van der Waals surface area contributed by atoms with Crippen LogP contribution in [0.3, 0.4) is 0 Å². The van der Waals surface area contributed by atoms with Crippen LogP contribution in [0.5, 0.6) is 0 Å². The van der Waals surface area contributed by atoms with Crippen molar-refractivity contribution < 1.29 is 17.9 Å². The van der Waals surface area contributed by atoms with Crippen molar-refractivity contribution in [2.45, 2.75) is 34.8 Å². The molecule has 0 amide bonds. The fourth-order valence-electron chi connectivity index (χ4n) is 2.64. The van der Waals surface area contributed by atoms with Crippen molar-refractivity contribution in [2.24, 2.45) is 0 Å². The van der Waals surface area contributed by atoms with Crippen molar-refractivity contribution in [3.8, 4) is 0 Å². The maximum atomic E-state index is 10.4. The first-order chi connectivity index (χ1) is 12.2. The average molecular weight is 414 g/mol. The number of likely N-dealkylation sites (tertiary alicyclic amines) is 1. The topological polar surface area (TPSA) is 61.6 Å². The summed E-state index contributed by atoms with van der Waals surface area (Å²) in [6.45, 7) is 4.43. The highest BCUT2D eigenvalue weighted by Gasteiger charge is 2.20. The van der Waals surface area contributed by atoms with E-state index >= 15 is 0 Å². The predicted molar refractivity (Wildman–Crippen MR) is 106 cm³/mol. The maximum absolute atomic E-state index is 10.4. The number of halogens is 1. The van der Waals surface area contributed by atoms with Crippen LogP contribution in [0.2, 0.25) is 5.02 Å². The molecule has 2 aromatic rings. The number of aryl methyl sites for hydroxylation is 1. The molecule has 0 unspecified atom stereocenters. The third-order valence-electron chi connectivity index (χ3n) is 4.19. The van der Waals surface area contributed by atoms with Crippen LogP contribution in [0.15, 0.2) is 58.3 Å². The second-order valence-electron chi connectivity index (χ2n) is 6.50. The lowest BCUT2D eigenvalue weighted by molar-refractivity contribution is -0.884. The highest BCUT2D eigenvalue weighted by atomic mass is 35.5. The third-order valence-corrected chi connectivity index (χ3v) is 6.61. The molecule has 142 valence electrons. The quantitative estimate of drug-likeness (QED) is 0.785. The highest BCUT2D eigenvalue weighted by Crippen LogP contribution is 2.29. The summed E-state index contributed by atoms with van der Waals surface area (Å²) < 4.78 is 31.2. The zero-order chi connectivity index (χ0) is 19.2. The number of hydrogen-bond acceptors (Lipinski definition) is 4. The Bertz CT molecular complexity index is 802. The van der Waals surface area contributed by atoms with Gasteiger partial charge in [-0.1, -0.05) is 35.4 Å². The van der Waals surface area contributed by atoms with Crippen LogP contribution < -0.4 is 4.90 Å². The lowest BCUT2D eigenvalue weighted by Crippen LogP contribution is -3.10. The summed E-state index contributed by atoms with van der Waals surface area (Å²) in [5.41, 5.74) is 0.928. The Morgan fingerprint density at radius 3 is 2.27 bits per heavy atom. The first kappa shape index (κ1) is 21.3. The fourth-order valence-corrected chi connectivity index (χ4v) is 4.57. The number of piperidine rings is 1. The van der Waals surface area contributed by atoms with Gasteiger partial charge in [0, 0.05) is 28.0 Å². The molecule has 26 heavy (non-hydrogen) atoms. The second kappa shape index (κ2) is 9.76. The van der Waals surface area contributed by atoms with E-state index in [2.05, 4.69) is 19.2 Å². The molecule has 3 rings (SSSR count). The summed E-state index contributed by atoms with van der Waals surface area (Å²) in [7, 11) is -1.99. The van der Waals surface area contributed by atoms with Gasteiger partial charge in [0.1, 0.15) is 10.1 Å². The molecular weight excluding hydrogens is 390 g/mol. The number of quaternary nitrogens is 1. The minimum atomic E-state index is -4.27. The van der Waals surface area contributed by atoms with Crippen molar-refractivity contribution in [3.63, 3.8) is 0 Å². The molecule has 1 saturated heterocycles. The molecule has 1 N–H and O–H groups in total. The smallest absolute Gasteiger partial charge is 0.124 e. The van der Waals surface area contributed by atoms with E-state index < -0.39 is 10.1 Å². The Morgan fingerprint density at radius 2 is 1.73 bits per heavy atom. The highest BCUT2D eigenvalue weighted by molar-refractivity contribution is 8.00. The van der Waals surface area contributed by atoms with Crippen LogP contribution >= 0.6 is 23.4 Å².